The molecule has 1 N–H and O–H groups in total. The molecular formula is C26H30N2O3. The van der Waals surface area contributed by atoms with E-state index < -0.39 is 0 Å². The maximum absolute atomic E-state index is 11.4. The van der Waals surface area contributed by atoms with Crippen LogP contribution in [0.5, 0.6) is 0 Å². The number of fused-ring (bicyclic) bond motifs is 2. The van der Waals surface area contributed by atoms with Crippen LogP contribution in [0.2, 0.25) is 0 Å². The molecule has 5 heteroatoms. The lowest BCUT2D eigenvalue weighted by Crippen LogP contribution is -2.32. The number of aryl methyl sites for hydroxylation is 1. The Hall–Kier alpha value is -2.89. The Kier molecular flexibility index (Phi) is 6.85. The Morgan fingerprint density at radius 2 is 2.06 bits per heavy atom. The predicted octanol–water partition coefficient (Wildman–Crippen LogP) is 4.53. The number of nitrogens with one attached hydrogen (secondary N) is 1. The van der Waals surface area contributed by atoms with E-state index in [4.69, 9.17) is 4.74 Å². The highest BCUT2D eigenvalue weighted by atomic mass is 16.5. The summed E-state index contributed by atoms with van der Waals surface area (Å²) in [4.78, 5) is 17.3. The van der Waals surface area contributed by atoms with Crippen molar-refractivity contribution in [3.8, 4) is 0 Å². The van der Waals surface area contributed by atoms with E-state index >= 15 is 0 Å². The van der Waals surface area contributed by atoms with E-state index in [0.717, 1.165) is 44.5 Å². The number of esters is 1. The van der Waals surface area contributed by atoms with Crippen molar-refractivity contribution in [2.75, 3.05) is 33.9 Å². The molecule has 0 fully saturated rings. The average Bonchev–Trinajstić information content (AvgIpc) is 3.41. The molecule has 0 bridgehead atoms. The molecular weight excluding hydrogens is 388 g/mol. The second kappa shape index (κ2) is 9.94. The number of carbonyl (C=O) groups is 1. The zero-order chi connectivity index (χ0) is 21.6. The fourth-order valence-electron chi connectivity index (χ4n) is 4.56. The van der Waals surface area contributed by atoms with Gasteiger partial charge in [-0.15, -0.1) is 0 Å². The largest absolute Gasteiger partial charge is 0.466 e. The van der Waals surface area contributed by atoms with Crippen LogP contribution < -0.4 is 0 Å². The van der Waals surface area contributed by atoms with Gasteiger partial charge in [-0.25, -0.2) is 4.79 Å². The molecule has 0 spiro atoms. The third-order valence-corrected chi connectivity index (χ3v) is 6.19. The van der Waals surface area contributed by atoms with Crippen molar-refractivity contribution in [3.63, 3.8) is 0 Å². The summed E-state index contributed by atoms with van der Waals surface area (Å²) < 4.78 is 10.1. The van der Waals surface area contributed by atoms with E-state index in [0.29, 0.717) is 6.04 Å². The van der Waals surface area contributed by atoms with Crippen LogP contribution >= 0.6 is 0 Å². The average molecular weight is 419 g/mol. The van der Waals surface area contributed by atoms with Gasteiger partial charge in [0.2, 0.25) is 0 Å². The predicted molar refractivity (Wildman–Crippen MR) is 124 cm³/mol. The number of nitrogens with zero attached hydrogens (tertiary/aromatic N) is 1. The Morgan fingerprint density at radius 3 is 2.90 bits per heavy atom. The van der Waals surface area contributed by atoms with Crippen molar-refractivity contribution in [1.82, 2.24) is 9.88 Å². The molecule has 0 amide bonds. The van der Waals surface area contributed by atoms with Crippen LogP contribution in [0.1, 0.15) is 34.7 Å². The van der Waals surface area contributed by atoms with Crippen LogP contribution in [0.4, 0.5) is 0 Å². The number of rotatable bonds is 9. The number of aromatic amines is 1. The highest BCUT2D eigenvalue weighted by molar-refractivity contribution is 5.87. The molecule has 2 aromatic carbocycles. The van der Waals surface area contributed by atoms with Crippen molar-refractivity contribution < 1.29 is 14.3 Å². The van der Waals surface area contributed by atoms with Gasteiger partial charge in [-0.05, 0) is 53.7 Å². The van der Waals surface area contributed by atoms with Crippen molar-refractivity contribution in [3.05, 3.63) is 77.0 Å². The number of hydrogen-bond acceptors (Lipinski definition) is 4. The first-order valence-corrected chi connectivity index (χ1v) is 10.9. The molecule has 0 aliphatic heterocycles. The van der Waals surface area contributed by atoms with Gasteiger partial charge in [0, 0.05) is 49.4 Å². The number of hydrogen-bond donors (Lipinski definition) is 1. The highest BCUT2D eigenvalue weighted by Crippen LogP contribution is 2.36. The topological polar surface area (TPSA) is 54.6 Å². The van der Waals surface area contributed by atoms with Crippen molar-refractivity contribution in [1.29, 1.82) is 0 Å². The van der Waals surface area contributed by atoms with Crippen LogP contribution in [0, 0.1) is 0 Å². The fourth-order valence-corrected chi connectivity index (χ4v) is 4.56. The molecule has 162 valence electrons. The number of carbonyl (C=O) groups excluding carboxylic acids is 1. The molecule has 1 aromatic heterocycles. The monoisotopic (exact) mass is 418 g/mol. The first-order valence-electron chi connectivity index (χ1n) is 10.9. The van der Waals surface area contributed by atoms with E-state index in [1.165, 1.54) is 40.8 Å². The van der Waals surface area contributed by atoms with Crippen LogP contribution in [0.15, 0.2) is 54.7 Å². The van der Waals surface area contributed by atoms with Gasteiger partial charge in [0.1, 0.15) is 0 Å². The number of methoxy groups -OCH3 is 2. The Balaban J connectivity index is 1.50. The number of benzene rings is 2. The lowest BCUT2D eigenvalue weighted by Gasteiger charge is -2.29. The summed E-state index contributed by atoms with van der Waals surface area (Å²) in [5.74, 6) is -0.332. The molecule has 1 aliphatic rings. The summed E-state index contributed by atoms with van der Waals surface area (Å²) >= 11 is 0. The first kappa shape index (κ1) is 21.3. The van der Waals surface area contributed by atoms with Gasteiger partial charge in [-0.2, -0.15) is 0 Å². The second-order valence-electron chi connectivity index (χ2n) is 8.01. The SMILES string of the molecule is COCCN(CCc1c[nH]c2ccccc12)C1CCc2cc(/C=C/C(=O)OC)ccc21. The molecule has 0 saturated carbocycles. The second-order valence-corrected chi connectivity index (χ2v) is 8.01. The van der Waals surface area contributed by atoms with Gasteiger partial charge in [-0.3, -0.25) is 4.90 Å². The normalized spacial score (nSPS) is 15.8. The fraction of sp³-hybridized carbons (Fsp3) is 0.346. The third-order valence-electron chi connectivity index (χ3n) is 6.19. The lowest BCUT2D eigenvalue weighted by atomic mass is 10.0. The summed E-state index contributed by atoms with van der Waals surface area (Å²) in [7, 11) is 3.16. The van der Waals surface area contributed by atoms with E-state index in [1.54, 1.807) is 7.11 Å². The van der Waals surface area contributed by atoms with Crippen molar-refractivity contribution in [2.24, 2.45) is 0 Å². The van der Waals surface area contributed by atoms with Gasteiger partial charge < -0.3 is 14.5 Å². The summed E-state index contributed by atoms with van der Waals surface area (Å²) in [6.45, 7) is 2.62. The van der Waals surface area contributed by atoms with Crippen LogP contribution in [0.3, 0.4) is 0 Å². The molecule has 1 unspecified atom stereocenters. The van der Waals surface area contributed by atoms with E-state index in [9.17, 15) is 4.79 Å². The lowest BCUT2D eigenvalue weighted by molar-refractivity contribution is -0.134. The summed E-state index contributed by atoms with van der Waals surface area (Å²) in [6, 6.07) is 15.4. The zero-order valence-corrected chi connectivity index (χ0v) is 18.3. The quantitative estimate of drug-likeness (QED) is 0.410. The molecule has 1 aliphatic carbocycles. The Bertz CT molecular complexity index is 1070. The highest BCUT2D eigenvalue weighted by Gasteiger charge is 2.27. The molecule has 0 saturated heterocycles. The molecule has 1 atom stereocenters. The minimum Gasteiger partial charge on any atom is -0.466 e. The van der Waals surface area contributed by atoms with Gasteiger partial charge >= 0.3 is 5.97 Å². The number of para-hydroxylation sites is 1. The zero-order valence-electron chi connectivity index (χ0n) is 18.3. The molecule has 31 heavy (non-hydrogen) atoms. The Labute approximate surface area is 183 Å². The minimum atomic E-state index is -0.332. The summed E-state index contributed by atoms with van der Waals surface area (Å²) in [5.41, 5.74) is 6.35. The van der Waals surface area contributed by atoms with E-state index in [2.05, 4.69) is 63.3 Å². The molecule has 3 aromatic rings. The first-order chi connectivity index (χ1) is 15.2. The molecule has 1 heterocycles. The van der Waals surface area contributed by atoms with Crippen molar-refractivity contribution in [2.45, 2.75) is 25.3 Å². The van der Waals surface area contributed by atoms with Gasteiger partial charge in [0.15, 0.2) is 0 Å². The summed E-state index contributed by atoms with van der Waals surface area (Å²) in [6.07, 6.45) is 8.59. The van der Waals surface area contributed by atoms with Gasteiger partial charge in [-0.1, -0.05) is 36.4 Å². The van der Waals surface area contributed by atoms with E-state index in [-0.39, 0.29) is 5.97 Å². The third kappa shape index (κ3) is 4.89. The summed E-state index contributed by atoms with van der Waals surface area (Å²) in [5, 5.41) is 1.31. The molecule has 5 nitrogen and oxygen atoms in total. The van der Waals surface area contributed by atoms with Gasteiger partial charge in [0.05, 0.1) is 13.7 Å². The molecule has 4 rings (SSSR count). The van der Waals surface area contributed by atoms with Crippen LogP contribution in [-0.2, 0) is 27.1 Å². The van der Waals surface area contributed by atoms with Gasteiger partial charge in [0.25, 0.3) is 0 Å². The maximum atomic E-state index is 11.4. The molecule has 0 radical (unpaired) electrons. The minimum absolute atomic E-state index is 0.332. The Morgan fingerprint density at radius 1 is 1.19 bits per heavy atom. The standard InChI is InChI=1S/C26H30N2O3/c1-30-16-15-28(14-13-21-18-27-24-6-4-3-5-22(21)24)25-11-9-20-17-19(7-10-23(20)25)8-12-26(29)31-2/h3-8,10,12,17-18,25,27H,9,11,13-16H2,1-2H3/b12-8+. The number of ether oxygens (including phenoxy) is 2. The van der Waals surface area contributed by atoms with Crippen LogP contribution in [0.25, 0.3) is 17.0 Å². The smallest absolute Gasteiger partial charge is 0.330 e. The van der Waals surface area contributed by atoms with Crippen LogP contribution in [-0.4, -0.2) is 49.8 Å². The maximum Gasteiger partial charge on any atom is 0.330 e. The number of aromatic nitrogens is 1. The van der Waals surface area contributed by atoms with E-state index in [1.807, 2.05) is 6.08 Å². The van der Waals surface area contributed by atoms with Crippen molar-refractivity contribution >= 4 is 22.9 Å². The number of H-pyrrole nitrogens is 1.